The van der Waals surface area contributed by atoms with Gasteiger partial charge in [-0.3, -0.25) is 4.79 Å². The van der Waals surface area contributed by atoms with E-state index in [2.05, 4.69) is 23.4 Å². The molecule has 0 radical (unpaired) electrons. The van der Waals surface area contributed by atoms with Crippen molar-refractivity contribution in [1.29, 1.82) is 0 Å². The predicted octanol–water partition coefficient (Wildman–Crippen LogP) is 2.57. The maximum Gasteiger partial charge on any atom is 0.230 e. The summed E-state index contributed by atoms with van der Waals surface area (Å²) in [6.45, 7) is 4.64. The summed E-state index contributed by atoms with van der Waals surface area (Å²) in [7, 11) is 0. The molecule has 8 heteroatoms. The molecular formula is C15H24Cl2N4OS. The lowest BCUT2D eigenvalue weighted by molar-refractivity contribution is -0.118. The molecule has 130 valence electrons. The molecule has 5 nitrogen and oxygen atoms in total. The molecule has 0 fully saturated rings. The average molecular weight is 379 g/mol. The van der Waals surface area contributed by atoms with Gasteiger partial charge in [-0.15, -0.1) is 36.6 Å². The minimum Gasteiger partial charge on any atom is -0.355 e. The molecule has 0 aromatic carbocycles. The number of rotatable bonds is 7. The Morgan fingerprint density at radius 3 is 2.83 bits per heavy atom. The number of hydrogen-bond donors (Lipinski definition) is 2. The number of pyridine rings is 1. The minimum atomic E-state index is 0. The number of hydrogen-bond acceptors (Lipinski definition) is 4. The number of imidazole rings is 1. The van der Waals surface area contributed by atoms with E-state index in [0.717, 1.165) is 23.5 Å². The Balaban J connectivity index is 0.00000242. The van der Waals surface area contributed by atoms with Gasteiger partial charge in [0, 0.05) is 30.7 Å². The Hall–Kier alpha value is -0.950. The second-order valence-electron chi connectivity index (χ2n) is 5.31. The highest BCUT2D eigenvalue weighted by Gasteiger charge is 2.05. The van der Waals surface area contributed by atoms with Crippen LogP contribution in [0.2, 0.25) is 0 Å². The summed E-state index contributed by atoms with van der Waals surface area (Å²) in [6.07, 6.45) is 4.88. The zero-order chi connectivity index (χ0) is 15.2. The Labute approximate surface area is 153 Å². The molecule has 0 aliphatic heterocycles. The minimum absolute atomic E-state index is 0. The lowest BCUT2D eigenvalue weighted by Gasteiger charge is -2.06. The largest absolute Gasteiger partial charge is 0.355 e. The van der Waals surface area contributed by atoms with Crippen molar-refractivity contribution in [1.82, 2.24) is 14.7 Å². The third-order valence-corrected chi connectivity index (χ3v) is 4.02. The van der Waals surface area contributed by atoms with Gasteiger partial charge in [-0.25, -0.2) is 4.98 Å². The van der Waals surface area contributed by atoms with Crippen LogP contribution in [0.25, 0.3) is 5.65 Å². The summed E-state index contributed by atoms with van der Waals surface area (Å²) >= 11 is 1.57. The van der Waals surface area contributed by atoms with Crippen LogP contribution in [0, 0.1) is 6.92 Å². The number of fused-ring (bicyclic) bond motifs is 1. The highest BCUT2D eigenvalue weighted by atomic mass is 35.5. The van der Waals surface area contributed by atoms with Gasteiger partial charge in [-0.2, -0.15) is 0 Å². The number of carbonyl (C=O) groups excluding carboxylic acids is 1. The molecule has 0 saturated heterocycles. The van der Waals surface area contributed by atoms with Crippen LogP contribution in [-0.4, -0.2) is 33.6 Å². The van der Waals surface area contributed by atoms with Crippen LogP contribution in [0.5, 0.6) is 0 Å². The number of aryl methyl sites for hydroxylation is 1. The van der Waals surface area contributed by atoms with Crippen molar-refractivity contribution in [2.24, 2.45) is 5.73 Å². The molecule has 1 unspecified atom stereocenters. The Kier molecular flexibility index (Phi) is 10.3. The van der Waals surface area contributed by atoms with Crippen molar-refractivity contribution in [2.75, 3.05) is 12.3 Å². The highest BCUT2D eigenvalue weighted by molar-refractivity contribution is 7.99. The third-order valence-electron chi connectivity index (χ3n) is 3.05. The molecule has 2 rings (SSSR count). The summed E-state index contributed by atoms with van der Waals surface area (Å²) in [5.41, 5.74) is 8.77. The van der Waals surface area contributed by atoms with Crippen molar-refractivity contribution in [3.8, 4) is 0 Å². The van der Waals surface area contributed by atoms with E-state index in [-0.39, 0.29) is 36.8 Å². The van der Waals surface area contributed by atoms with E-state index in [4.69, 9.17) is 5.73 Å². The lowest BCUT2D eigenvalue weighted by Crippen LogP contribution is -2.30. The van der Waals surface area contributed by atoms with Crippen LogP contribution >= 0.6 is 36.6 Å². The van der Waals surface area contributed by atoms with Crippen molar-refractivity contribution >= 4 is 48.1 Å². The topological polar surface area (TPSA) is 72.4 Å². The number of nitrogens with two attached hydrogens (primary N) is 1. The summed E-state index contributed by atoms with van der Waals surface area (Å²) in [4.78, 5) is 16.2. The fourth-order valence-corrected chi connectivity index (χ4v) is 2.70. The number of amides is 1. The fraction of sp³-hybridized carbons (Fsp3) is 0.467. The SMILES string of the molecule is Cc1ccc2nc(CSCC(=O)NCCC(C)N)cn2c1.Cl.Cl. The van der Waals surface area contributed by atoms with Crippen LogP contribution in [0.15, 0.2) is 24.5 Å². The lowest BCUT2D eigenvalue weighted by atomic mass is 10.2. The van der Waals surface area contributed by atoms with E-state index in [1.54, 1.807) is 11.8 Å². The molecule has 0 aliphatic rings. The third kappa shape index (κ3) is 7.44. The monoisotopic (exact) mass is 378 g/mol. The Bertz CT molecular complexity index is 619. The molecule has 2 aromatic rings. The average Bonchev–Trinajstić information content (AvgIpc) is 2.80. The van der Waals surface area contributed by atoms with Crippen molar-refractivity contribution in [2.45, 2.75) is 32.1 Å². The number of halogens is 2. The maximum atomic E-state index is 11.6. The first-order chi connectivity index (χ1) is 10.0. The first kappa shape index (κ1) is 22.1. The normalized spacial score (nSPS) is 11.4. The molecule has 2 aromatic heterocycles. The first-order valence-corrected chi connectivity index (χ1v) is 8.24. The standard InChI is InChI=1S/C15H22N4OS.2ClH/c1-11-3-4-14-18-13(8-19(14)7-11)9-21-10-15(20)17-6-5-12(2)16;;/h3-4,7-8,12H,5-6,9-10,16H2,1-2H3,(H,17,20);2*1H. The van der Waals surface area contributed by atoms with Crippen molar-refractivity contribution < 1.29 is 4.79 Å². The number of thioether (sulfide) groups is 1. The van der Waals surface area contributed by atoms with E-state index < -0.39 is 0 Å². The molecule has 3 N–H and O–H groups in total. The fourth-order valence-electron chi connectivity index (χ4n) is 1.96. The van der Waals surface area contributed by atoms with Gasteiger partial charge in [0.25, 0.3) is 0 Å². The summed E-state index contributed by atoms with van der Waals surface area (Å²) in [5, 5.41) is 2.87. The quantitative estimate of drug-likeness (QED) is 0.776. The van der Waals surface area contributed by atoms with Crippen molar-refractivity contribution in [3.63, 3.8) is 0 Å². The Morgan fingerprint density at radius 1 is 1.39 bits per heavy atom. The molecule has 1 amide bonds. The van der Waals surface area contributed by atoms with E-state index in [9.17, 15) is 4.79 Å². The second kappa shape index (κ2) is 10.8. The van der Waals surface area contributed by atoms with Gasteiger partial charge in [-0.1, -0.05) is 6.07 Å². The van der Waals surface area contributed by atoms with Gasteiger partial charge in [0.2, 0.25) is 5.91 Å². The number of nitrogens with zero attached hydrogens (tertiary/aromatic N) is 2. The van der Waals surface area contributed by atoms with Crippen LogP contribution in [-0.2, 0) is 10.5 Å². The van der Waals surface area contributed by atoms with E-state index >= 15 is 0 Å². The Morgan fingerprint density at radius 2 is 2.13 bits per heavy atom. The van der Waals surface area contributed by atoms with E-state index in [1.165, 1.54) is 5.56 Å². The number of aromatic nitrogens is 2. The molecule has 0 bridgehead atoms. The molecule has 0 saturated carbocycles. The zero-order valence-corrected chi connectivity index (χ0v) is 15.8. The summed E-state index contributed by atoms with van der Waals surface area (Å²) in [6, 6.07) is 4.18. The molecule has 23 heavy (non-hydrogen) atoms. The number of carbonyl (C=O) groups is 1. The van der Waals surface area contributed by atoms with Gasteiger partial charge in [0.15, 0.2) is 0 Å². The predicted molar refractivity (Wildman–Crippen MR) is 102 cm³/mol. The van der Waals surface area contributed by atoms with Gasteiger partial charge in [0.1, 0.15) is 5.65 Å². The van der Waals surface area contributed by atoms with E-state index in [1.807, 2.05) is 29.7 Å². The van der Waals surface area contributed by atoms with Crippen LogP contribution in [0.4, 0.5) is 0 Å². The summed E-state index contributed by atoms with van der Waals surface area (Å²) in [5.74, 6) is 1.24. The highest BCUT2D eigenvalue weighted by Crippen LogP contribution is 2.13. The van der Waals surface area contributed by atoms with Gasteiger partial charge >= 0.3 is 0 Å². The molecule has 2 heterocycles. The maximum absolute atomic E-state index is 11.6. The van der Waals surface area contributed by atoms with E-state index in [0.29, 0.717) is 12.3 Å². The zero-order valence-electron chi connectivity index (χ0n) is 13.3. The van der Waals surface area contributed by atoms with Crippen LogP contribution in [0.1, 0.15) is 24.6 Å². The smallest absolute Gasteiger partial charge is 0.230 e. The summed E-state index contributed by atoms with van der Waals surface area (Å²) < 4.78 is 2.02. The molecule has 0 aliphatic carbocycles. The number of nitrogens with one attached hydrogen (secondary N) is 1. The van der Waals surface area contributed by atoms with Crippen LogP contribution in [0.3, 0.4) is 0 Å². The molecule has 0 spiro atoms. The van der Waals surface area contributed by atoms with Gasteiger partial charge < -0.3 is 15.5 Å². The van der Waals surface area contributed by atoms with Gasteiger partial charge in [-0.05, 0) is 31.9 Å². The first-order valence-electron chi connectivity index (χ1n) is 7.09. The van der Waals surface area contributed by atoms with Gasteiger partial charge in [0.05, 0.1) is 11.4 Å². The molecular weight excluding hydrogens is 355 g/mol. The van der Waals surface area contributed by atoms with Crippen LogP contribution < -0.4 is 11.1 Å². The molecule has 1 atom stereocenters. The second-order valence-corrected chi connectivity index (χ2v) is 6.30. The van der Waals surface area contributed by atoms with Crippen molar-refractivity contribution in [3.05, 3.63) is 35.8 Å².